The fraction of sp³-hybridized carbons (Fsp3) is 0.0968. The molecule has 0 fully saturated rings. The van der Waals surface area contributed by atoms with Crippen LogP contribution in [-0.2, 0) is 20.0 Å². The van der Waals surface area contributed by atoms with Crippen LogP contribution in [0, 0.1) is 27.5 Å². The number of pyridine rings is 2. The average molecular weight is 1420 g/mol. The Labute approximate surface area is 516 Å². The summed E-state index contributed by atoms with van der Waals surface area (Å²) < 4.78 is 100. The van der Waals surface area contributed by atoms with E-state index in [0.717, 1.165) is 41.0 Å². The Kier molecular flexibility index (Phi) is 18.0. The lowest BCUT2D eigenvalue weighted by molar-refractivity contribution is 0.0956. The molecular weight excluding hydrogens is 1380 g/mol. The van der Waals surface area contributed by atoms with Gasteiger partial charge in [-0.2, -0.15) is 0 Å². The first kappa shape index (κ1) is 61.2. The van der Waals surface area contributed by atoms with Crippen LogP contribution in [0.2, 0.25) is 0 Å². The predicted molar refractivity (Wildman–Crippen MR) is 343 cm³/mol. The number of carbonyl (C=O) groups excluding carboxylic acids is 2. The van der Waals surface area contributed by atoms with Crippen molar-refractivity contribution in [2.45, 2.75) is 0 Å². The third kappa shape index (κ3) is 13.3. The van der Waals surface area contributed by atoms with Crippen molar-refractivity contribution in [3.8, 4) is 68.6 Å². The highest BCUT2D eigenvalue weighted by molar-refractivity contribution is 14.1. The summed E-state index contributed by atoms with van der Waals surface area (Å²) in [5, 5.41) is 7.03. The lowest BCUT2D eigenvalue weighted by Crippen LogP contribution is -2.25. The van der Waals surface area contributed by atoms with Crippen molar-refractivity contribution in [2.24, 2.45) is 0 Å². The summed E-state index contributed by atoms with van der Waals surface area (Å²) in [6, 6.07) is 37.9. The Morgan fingerprint density at radius 1 is 0.635 bits per heavy atom. The minimum Gasteiger partial charge on any atom is -0.455 e. The summed E-state index contributed by atoms with van der Waals surface area (Å²) in [7, 11) is -1.40. The van der Waals surface area contributed by atoms with Gasteiger partial charge < -0.3 is 28.9 Å². The maximum atomic E-state index is 13.7. The predicted octanol–water partition coefficient (Wildman–Crippen LogP) is 13.6. The molecule has 0 aliphatic rings. The number of hydrogen-bond donors (Lipinski definition) is 3. The summed E-state index contributed by atoms with van der Waals surface area (Å²) >= 11 is 8.62. The van der Waals surface area contributed by atoms with Crippen LogP contribution >= 0.6 is 54.5 Å². The molecule has 0 atom stereocenters. The van der Waals surface area contributed by atoms with E-state index >= 15 is 0 Å². The van der Waals surface area contributed by atoms with Crippen molar-refractivity contribution < 1.29 is 48.5 Å². The van der Waals surface area contributed by atoms with Crippen molar-refractivity contribution in [3.05, 3.63) is 203 Å². The van der Waals surface area contributed by atoms with E-state index in [0.29, 0.717) is 87.3 Å². The lowest BCUT2D eigenvalue weighted by atomic mass is 9.97. The number of benzene rings is 6. The molecule has 0 saturated heterocycles. The molecule has 0 unspecified atom stereocenters. The quantitative estimate of drug-likeness (QED) is 0.0817. The van der Waals surface area contributed by atoms with E-state index in [1.165, 1.54) is 76.7 Å². The fourth-order valence-corrected chi connectivity index (χ4v) is 11.6. The van der Waals surface area contributed by atoms with E-state index in [9.17, 15) is 40.0 Å². The summed E-state index contributed by atoms with van der Waals surface area (Å²) in [6.45, 7) is 0. The third-order valence-electron chi connectivity index (χ3n) is 13.4. The van der Waals surface area contributed by atoms with Crippen LogP contribution in [0.1, 0.15) is 26.3 Å². The third-order valence-corrected chi connectivity index (χ3v) is 17.4. The van der Waals surface area contributed by atoms with Gasteiger partial charge in [-0.05, 0) is 163 Å². The molecule has 0 saturated carbocycles. The van der Waals surface area contributed by atoms with Crippen LogP contribution in [-0.4, -0.2) is 79.3 Å². The van der Waals surface area contributed by atoms with Gasteiger partial charge in [0.15, 0.2) is 0 Å². The molecule has 0 aliphatic heterocycles. The number of carbonyl (C=O) groups is 2. The highest BCUT2D eigenvalue weighted by atomic mass is 127. The zero-order valence-electron chi connectivity index (χ0n) is 45.6. The number of nitrogens with one attached hydrogen (secondary N) is 3. The molecule has 16 nitrogen and oxygen atoms in total. The molecule has 0 aliphatic carbocycles. The zero-order valence-corrected chi connectivity index (χ0v) is 52.6. The van der Waals surface area contributed by atoms with Gasteiger partial charge in [0.2, 0.25) is 25.8 Å². The van der Waals surface area contributed by atoms with Crippen molar-refractivity contribution in [1.29, 1.82) is 0 Å². The highest BCUT2D eigenvalue weighted by Gasteiger charge is 2.28. The van der Waals surface area contributed by atoms with Crippen LogP contribution < -0.4 is 24.8 Å². The first-order chi connectivity index (χ1) is 40.4. The van der Waals surface area contributed by atoms with Gasteiger partial charge in [0, 0.05) is 111 Å². The molecule has 2 amide bonds. The largest absolute Gasteiger partial charge is 0.455 e. The van der Waals surface area contributed by atoms with Crippen molar-refractivity contribution in [2.75, 3.05) is 49.3 Å². The normalized spacial score (nSPS) is 11.3. The van der Waals surface area contributed by atoms with Gasteiger partial charge in [-0.15, -0.1) is 6.42 Å². The Bertz CT molecular complexity index is 4770. The number of anilines is 2. The van der Waals surface area contributed by atoms with Crippen molar-refractivity contribution in [1.82, 2.24) is 20.6 Å². The Balaban J connectivity index is 0.000000180. The Morgan fingerprint density at radius 2 is 1.12 bits per heavy atom. The summed E-state index contributed by atoms with van der Waals surface area (Å²) in [6.07, 6.45) is 11.0. The van der Waals surface area contributed by atoms with Crippen LogP contribution in [0.3, 0.4) is 0 Å². The number of halogens is 5. The first-order valence-electron chi connectivity index (χ1n) is 25.2. The summed E-state index contributed by atoms with van der Waals surface area (Å²) in [5.41, 5.74) is 7.08. The number of fused-ring (bicyclic) bond motifs is 3. The molecule has 3 N–H and O–H groups in total. The number of H-pyrrole nitrogens is 1. The fourth-order valence-electron chi connectivity index (χ4n) is 9.01. The minimum absolute atomic E-state index is 0.0428. The van der Waals surface area contributed by atoms with Gasteiger partial charge in [0.05, 0.1) is 38.6 Å². The molecular formula is C62H47Br2F2IN6O10S2. The molecule has 5 aromatic heterocycles. The molecule has 85 heavy (non-hydrogen) atoms. The van der Waals surface area contributed by atoms with Crippen molar-refractivity contribution in [3.63, 3.8) is 0 Å². The van der Waals surface area contributed by atoms with Gasteiger partial charge >= 0.3 is 0 Å². The number of amides is 2. The van der Waals surface area contributed by atoms with Crippen molar-refractivity contribution >= 4 is 131 Å². The molecule has 23 heteroatoms. The smallest absolute Gasteiger partial charge is 0.261 e. The number of aromatic nitrogens is 2. The van der Waals surface area contributed by atoms with E-state index in [1.54, 1.807) is 60.9 Å². The second-order valence-corrected chi connectivity index (χ2v) is 26.0. The van der Waals surface area contributed by atoms with E-state index in [2.05, 4.69) is 58.4 Å². The monoisotopic (exact) mass is 1420 g/mol. The minimum atomic E-state index is -3.68. The van der Waals surface area contributed by atoms with Crippen LogP contribution in [0.15, 0.2) is 179 Å². The van der Waals surface area contributed by atoms with Gasteiger partial charge in [-0.1, -0.05) is 36.3 Å². The lowest BCUT2D eigenvalue weighted by Gasteiger charge is -2.21. The molecule has 11 aromatic rings. The van der Waals surface area contributed by atoms with Gasteiger partial charge in [0.25, 0.3) is 17.4 Å². The van der Waals surface area contributed by atoms with Crippen LogP contribution in [0.5, 0.6) is 0 Å². The summed E-state index contributed by atoms with van der Waals surface area (Å²) in [5.74, 6) is 2.00. The maximum absolute atomic E-state index is 13.7. The van der Waals surface area contributed by atoms with Gasteiger partial charge in [0.1, 0.15) is 40.1 Å². The zero-order chi connectivity index (χ0) is 61.2. The standard InChI is InChI=1S/C31H23BrFN3O5S.C26H21FN2O4S.C5H3BrINO/c1-34-30(37)28-24-14-23(18-5-4-6-19(11-18)26-13-20-12-21(32)16-35-31(20)41-26)25(36(2)42(3,38)39)15-27(24)40-29(28)17-7-9-22(33)10-8-17;1-5-16-7-6-8-18(13-16)20-14-21-23(15-22(20)29(3)34(4,31)32)33-25(24(21)26(30)28-2)17-9-11-19(27)12-10-17;6-3-1-4(7)5(9)8-2-3/h4-16H,1-3H3,(H,34,37);1,6-15H,2-4H3,(H,28,30);1-2H,(H,8,9). The van der Waals surface area contributed by atoms with E-state index in [1.807, 2.05) is 65.1 Å². The Hall–Kier alpha value is -8.41. The van der Waals surface area contributed by atoms with Crippen LogP contribution in [0.4, 0.5) is 20.2 Å². The maximum Gasteiger partial charge on any atom is 0.261 e. The second-order valence-electron chi connectivity index (χ2n) is 18.9. The number of rotatable bonds is 11. The topological polar surface area (TPSA) is 218 Å². The Morgan fingerprint density at radius 3 is 1.58 bits per heavy atom. The number of aromatic amines is 1. The highest BCUT2D eigenvalue weighted by Crippen LogP contribution is 2.44. The van der Waals surface area contributed by atoms with E-state index < -0.39 is 43.5 Å². The number of nitrogens with zero attached hydrogens (tertiary/aromatic N) is 3. The molecule has 432 valence electrons. The van der Waals surface area contributed by atoms with E-state index in [4.69, 9.17) is 19.7 Å². The van der Waals surface area contributed by atoms with Crippen LogP contribution in [0.25, 0.3) is 89.3 Å². The molecule has 0 spiro atoms. The van der Waals surface area contributed by atoms with E-state index in [-0.39, 0.29) is 28.2 Å². The second kappa shape index (κ2) is 25.0. The number of sulfonamides is 2. The molecule has 6 aromatic carbocycles. The first-order valence-corrected chi connectivity index (χ1v) is 31.5. The number of furan rings is 3. The molecule has 11 rings (SSSR count). The summed E-state index contributed by atoms with van der Waals surface area (Å²) in [4.78, 5) is 43.6. The molecule has 0 radical (unpaired) electrons. The molecule has 5 heterocycles. The number of terminal acetylenes is 1. The average Bonchev–Trinajstić information content (AvgIpc) is 1.98. The molecule has 0 bridgehead atoms. The van der Waals surface area contributed by atoms with Gasteiger partial charge in [-0.3, -0.25) is 23.0 Å². The number of hydrogen-bond acceptors (Lipinski definition) is 11. The van der Waals surface area contributed by atoms with Gasteiger partial charge in [-0.25, -0.2) is 30.6 Å². The SMILES string of the molecule is C#Cc1cccc(-c2cc3c(C(=O)NC)c(-c4ccc(F)cc4)oc3cc2N(C)S(C)(=O)=O)c1.CNC(=O)c1c(-c2ccc(F)cc2)oc2cc(N(C)S(C)(=O)=O)c(-c3cccc(-c4cc5cc(Br)cnc5o4)c3)cc12.O=c1[nH]cc(Br)cc1I.